The van der Waals surface area contributed by atoms with Crippen LogP contribution >= 0.6 is 11.3 Å². The molecule has 0 bridgehead atoms. The first-order chi connectivity index (χ1) is 12.9. The molecule has 27 heavy (non-hydrogen) atoms. The lowest BCUT2D eigenvalue weighted by Crippen LogP contribution is -2.36. The van der Waals surface area contributed by atoms with E-state index in [0.717, 1.165) is 4.88 Å². The summed E-state index contributed by atoms with van der Waals surface area (Å²) >= 11 is 1.53. The van der Waals surface area contributed by atoms with Gasteiger partial charge in [0.1, 0.15) is 0 Å². The van der Waals surface area contributed by atoms with E-state index in [4.69, 9.17) is 14.2 Å². The zero-order valence-electron chi connectivity index (χ0n) is 15.3. The van der Waals surface area contributed by atoms with E-state index >= 15 is 0 Å². The molecule has 1 N–H and O–H groups in total. The number of methoxy groups -OCH3 is 1. The maximum Gasteiger partial charge on any atom is 0.344 e. The first-order valence-corrected chi connectivity index (χ1v) is 9.10. The second-order valence-corrected chi connectivity index (χ2v) is 6.67. The van der Waals surface area contributed by atoms with Crippen LogP contribution in [0.3, 0.4) is 0 Å². The van der Waals surface area contributed by atoms with Crippen molar-refractivity contribution in [3.8, 4) is 11.5 Å². The zero-order chi connectivity index (χ0) is 19.8. The monoisotopic (exact) mass is 391 g/mol. The van der Waals surface area contributed by atoms with Crippen molar-refractivity contribution in [3.05, 3.63) is 46.2 Å². The Morgan fingerprint density at radius 1 is 1.19 bits per heavy atom. The van der Waals surface area contributed by atoms with Gasteiger partial charge in [-0.3, -0.25) is 9.59 Å². The summed E-state index contributed by atoms with van der Waals surface area (Å²) < 4.78 is 15.6. The third-order valence-electron chi connectivity index (χ3n) is 3.61. The third-order valence-corrected chi connectivity index (χ3v) is 4.49. The molecular weight excluding hydrogens is 370 g/mol. The molecule has 0 saturated carbocycles. The molecule has 1 heterocycles. The summed E-state index contributed by atoms with van der Waals surface area (Å²) in [4.78, 5) is 36.3. The van der Waals surface area contributed by atoms with E-state index in [9.17, 15) is 14.4 Å². The molecule has 8 heteroatoms. The van der Waals surface area contributed by atoms with Gasteiger partial charge >= 0.3 is 5.97 Å². The predicted octanol–water partition coefficient (Wildman–Crippen LogP) is 2.59. The van der Waals surface area contributed by atoms with Crippen molar-refractivity contribution in [2.75, 3.05) is 13.7 Å². The molecule has 7 nitrogen and oxygen atoms in total. The Bertz CT molecular complexity index is 803. The van der Waals surface area contributed by atoms with Crippen LogP contribution in [0.4, 0.5) is 0 Å². The maximum absolute atomic E-state index is 12.0. The molecule has 0 saturated heterocycles. The van der Waals surface area contributed by atoms with E-state index in [0.29, 0.717) is 23.6 Å². The molecule has 2 rings (SSSR count). The highest BCUT2D eigenvalue weighted by molar-refractivity contribution is 7.09. The number of rotatable bonds is 9. The number of hydrogen-bond donors (Lipinski definition) is 1. The minimum Gasteiger partial charge on any atom is -0.493 e. The summed E-state index contributed by atoms with van der Waals surface area (Å²) in [6, 6.07) is 8.44. The van der Waals surface area contributed by atoms with Gasteiger partial charge in [0.25, 0.3) is 5.91 Å². The van der Waals surface area contributed by atoms with Crippen LogP contribution < -0.4 is 14.8 Å². The highest BCUT2D eigenvalue weighted by Gasteiger charge is 2.18. The number of amides is 1. The predicted molar refractivity (Wildman–Crippen MR) is 100 cm³/mol. The Morgan fingerprint density at radius 2 is 1.96 bits per heavy atom. The molecule has 0 aliphatic carbocycles. The molecule has 144 valence electrons. The number of carbonyl (C=O) groups excluding carboxylic acids is 3. The fourth-order valence-corrected chi connectivity index (χ4v) is 2.80. The van der Waals surface area contributed by atoms with Crippen LogP contribution in [0.2, 0.25) is 0 Å². The molecule has 0 unspecified atom stereocenters. The molecule has 0 aliphatic rings. The molecule has 1 amide bonds. The second-order valence-electron chi connectivity index (χ2n) is 5.64. The number of hydrogen-bond acceptors (Lipinski definition) is 7. The topological polar surface area (TPSA) is 90.9 Å². The first-order valence-electron chi connectivity index (χ1n) is 8.22. The Morgan fingerprint density at radius 3 is 2.59 bits per heavy atom. The summed E-state index contributed by atoms with van der Waals surface area (Å²) in [5, 5.41) is 4.62. The molecule has 0 aliphatic heterocycles. The van der Waals surface area contributed by atoms with Gasteiger partial charge in [-0.1, -0.05) is 6.07 Å². The van der Waals surface area contributed by atoms with E-state index < -0.39 is 18.7 Å². The lowest BCUT2D eigenvalue weighted by atomic mass is 10.1. The number of esters is 1. The van der Waals surface area contributed by atoms with Gasteiger partial charge in [0, 0.05) is 10.4 Å². The highest BCUT2D eigenvalue weighted by atomic mass is 32.1. The number of ketones is 1. The molecular formula is C19H21NO6S. The molecule has 2 aromatic rings. The van der Waals surface area contributed by atoms with Crippen molar-refractivity contribution in [1.29, 1.82) is 0 Å². The number of benzene rings is 1. The van der Waals surface area contributed by atoms with Crippen LogP contribution in [-0.4, -0.2) is 37.5 Å². The van der Waals surface area contributed by atoms with Gasteiger partial charge in [0.05, 0.1) is 13.7 Å². The van der Waals surface area contributed by atoms with Crippen LogP contribution in [-0.2, 0) is 20.9 Å². The smallest absolute Gasteiger partial charge is 0.344 e. The summed E-state index contributed by atoms with van der Waals surface area (Å²) in [5.74, 6) is -0.556. The van der Waals surface area contributed by atoms with Crippen LogP contribution in [0.5, 0.6) is 11.5 Å². The van der Waals surface area contributed by atoms with Crippen LogP contribution in [0.15, 0.2) is 35.7 Å². The average Bonchev–Trinajstić information content (AvgIpc) is 3.17. The molecule has 0 radical (unpaired) electrons. The summed E-state index contributed by atoms with van der Waals surface area (Å²) in [6.45, 7) is 2.92. The van der Waals surface area contributed by atoms with Crippen LogP contribution in [0.1, 0.15) is 29.1 Å². The molecule has 1 atom stereocenters. The number of nitrogens with one attached hydrogen (secondary N) is 1. The molecule has 1 aromatic carbocycles. The third kappa shape index (κ3) is 6.10. The van der Waals surface area contributed by atoms with Gasteiger partial charge in [-0.05, 0) is 43.5 Å². The van der Waals surface area contributed by atoms with Crippen molar-refractivity contribution in [3.63, 3.8) is 0 Å². The van der Waals surface area contributed by atoms with Gasteiger partial charge in [-0.25, -0.2) is 4.79 Å². The summed E-state index contributed by atoms with van der Waals surface area (Å²) in [6.07, 6.45) is -0.942. The number of Topliss-reactive ketones (excluding diaryl/α,β-unsaturated/α-hetero) is 1. The Hall–Kier alpha value is -2.87. The Labute approximate surface area is 161 Å². The standard InChI is InChI=1S/C19H21NO6S/c1-12(21)14-6-7-16(17(9-14)24-3)25-11-18(22)26-13(2)19(23)20-10-15-5-4-8-27-15/h4-9,13H,10-11H2,1-3H3,(H,20,23)/t13-/m1/s1. The van der Waals surface area contributed by atoms with Crippen LogP contribution in [0.25, 0.3) is 0 Å². The van der Waals surface area contributed by atoms with Crippen molar-refractivity contribution in [2.24, 2.45) is 0 Å². The van der Waals surface area contributed by atoms with Crippen molar-refractivity contribution >= 4 is 29.0 Å². The van der Waals surface area contributed by atoms with Gasteiger partial charge in [0.2, 0.25) is 0 Å². The number of thiophene rings is 1. The number of ether oxygens (including phenoxy) is 3. The lowest BCUT2D eigenvalue weighted by molar-refractivity contribution is -0.156. The van der Waals surface area contributed by atoms with Crippen molar-refractivity contribution < 1.29 is 28.6 Å². The van der Waals surface area contributed by atoms with Crippen molar-refractivity contribution in [2.45, 2.75) is 26.5 Å². The van der Waals surface area contributed by atoms with Crippen LogP contribution in [0, 0.1) is 0 Å². The minimum absolute atomic E-state index is 0.110. The fraction of sp³-hybridized carbons (Fsp3) is 0.316. The van der Waals surface area contributed by atoms with E-state index in [-0.39, 0.29) is 11.7 Å². The zero-order valence-corrected chi connectivity index (χ0v) is 16.1. The number of carbonyl (C=O) groups is 3. The van der Waals surface area contributed by atoms with Gasteiger partial charge < -0.3 is 19.5 Å². The van der Waals surface area contributed by atoms with Gasteiger partial charge in [-0.2, -0.15) is 0 Å². The fourth-order valence-electron chi connectivity index (χ4n) is 2.16. The minimum atomic E-state index is -0.942. The largest absolute Gasteiger partial charge is 0.493 e. The van der Waals surface area contributed by atoms with Gasteiger partial charge in [-0.15, -0.1) is 11.3 Å². The quantitative estimate of drug-likeness (QED) is 0.522. The van der Waals surface area contributed by atoms with Crippen molar-refractivity contribution in [1.82, 2.24) is 5.32 Å². The average molecular weight is 391 g/mol. The highest BCUT2D eigenvalue weighted by Crippen LogP contribution is 2.28. The molecule has 0 fully saturated rings. The van der Waals surface area contributed by atoms with E-state index in [1.165, 1.54) is 38.4 Å². The summed E-state index contributed by atoms with van der Waals surface area (Å²) in [5.41, 5.74) is 0.470. The SMILES string of the molecule is COc1cc(C(C)=O)ccc1OCC(=O)O[C@H](C)C(=O)NCc1cccs1. The Balaban J connectivity index is 1.83. The Kier molecular flexibility index (Phi) is 7.36. The normalized spacial score (nSPS) is 11.4. The molecule has 0 spiro atoms. The summed E-state index contributed by atoms with van der Waals surface area (Å²) in [7, 11) is 1.43. The van der Waals surface area contributed by atoms with E-state index in [1.54, 1.807) is 12.1 Å². The maximum atomic E-state index is 12.0. The van der Waals surface area contributed by atoms with E-state index in [2.05, 4.69) is 5.32 Å². The van der Waals surface area contributed by atoms with E-state index in [1.807, 2.05) is 17.5 Å². The van der Waals surface area contributed by atoms with Gasteiger partial charge in [0.15, 0.2) is 30.0 Å². The lowest BCUT2D eigenvalue weighted by Gasteiger charge is -2.14. The first kappa shape index (κ1) is 20.4. The molecule has 1 aromatic heterocycles. The second kappa shape index (κ2) is 9.72.